The van der Waals surface area contributed by atoms with Gasteiger partial charge >= 0.3 is 0 Å². The molecule has 0 aliphatic heterocycles. The predicted molar refractivity (Wildman–Crippen MR) is 84.7 cm³/mol. The maximum Gasteiger partial charge on any atom is 0.165 e. The summed E-state index contributed by atoms with van der Waals surface area (Å²) in [6.45, 7) is 6.97. The van der Waals surface area contributed by atoms with Crippen molar-refractivity contribution < 1.29 is 9.13 Å². The fourth-order valence-corrected chi connectivity index (χ4v) is 3.45. The fourth-order valence-electron chi connectivity index (χ4n) is 2.45. The van der Waals surface area contributed by atoms with E-state index in [1.807, 2.05) is 19.9 Å². The van der Waals surface area contributed by atoms with Gasteiger partial charge in [-0.3, -0.25) is 0 Å². The van der Waals surface area contributed by atoms with E-state index in [2.05, 4.69) is 17.2 Å². The van der Waals surface area contributed by atoms with Crippen molar-refractivity contribution in [1.29, 1.82) is 0 Å². The Morgan fingerprint density at radius 2 is 2.14 bits per heavy atom. The summed E-state index contributed by atoms with van der Waals surface area (Å²) in [5.74, 6) is -0.0361. The number of hydrogen-bond acceptors (Lipinski definition) is 4. The summed E-state index contributed by atoms with van der Waals surface area (Å²) < 4.78 is 18.8. The van der Waals surface area contributed by atoms with Crippen molar-refractivity contribution in [3.05, 3.63) is 45.2 Å². The third-order valence-electron chi connectivity index (χ3n) is 3.36. The summed E-state index contributed by atoms with van der Waals surface area (Å²) in [4.78, 5) is 5.71. The van der Waals surface area contributed by atoms with Crippen LogP contribution in [0.15, 0.2) is 18.2 Å². The molecule has 2 rings (SSSR count). The van der Waals surface area contributed by atoms with Gasteiger partial charge in [0, 0.05) is 10.9 Å². The third-order valence-corrected chi connectivity index (χ3v) is 4.55. The Morgan fingerprint density at radius 3 is 2.67 bits per heavy atom. The Bertz CT molecular complexity index is 612. The van der Waals surface area contributed by atoms with Crippen LogP contribution in [0.1, 0.15) is 34.1 Å². The van der Waals surface area contributed by atoms with Crippen LogP contribution in [0.2, 0.25) is 0 Å². The molecule has 0 spiro atoms. The summed E-state index contributed by atoms with van der Waals surface area (Å²) >= 11 is 1.70. The molecule has 1 aromatic heterocycles. The van der Waals surface area contributed by atoms with Crippen LogP contribution in [-0.2, 0) is 6.42 Å². The number of rotatable bonds is 6. The van der Waals surface area contributed by atoms with E-state index in [1.54, 1.807) is 23.5 Å². The molecular weight excluding hydrogens is 287 g/mol. The van der Waals surface area contributed by atoms with Crippen LogP contribution < -0.4 is 10.1 Å². The largest absolute Gasteiger partial charge is 0.494 e. The van der Waals surface area contributed by atoms with Gasteiger partial charge in [0.1, 0.15) is 0 Å². The molecule has 0 radical (unpaired) electrons. The standard InChI is InChI=1S/C16H21FN2OS/c1-5-18-14(16-10(2)19-11(3)21-16)9-12-6-7-15(20-4)13(17)8-12/h6-8,14,18H,5,9H2,1-4H3. The first-order valence-corrected chi connectivity index (χ1v) is 7.86. The van der Waals surface area contributed by atoms with Gasteiger partial charge in [0.05, 0.1) is 17.8 Å². The molecule has 0 amide bonds. The van der Waals surface area contributed by atoms with E-state index in [-0.39, 0.29) is 17.6 Å². The SMILES string of the molecule is CCNC(Cc1ccc(OC)c(F)c1)c1sc(C)nc1C. The van der Waals surface area contributed by atoms with Gasteiger partial charge in [-0.25, -0.2) is 9.37 Å². The summed E-state index contributed by atoms with van der Waals surface area (Å²) in [5.41, 5.74) is 2.00. The topological polar surface area (TPSA) is 34.1 Å². The number of nitrogens with one attached hydrogen (secondary N) is 1. The Labute approximate surface area is 129 Å². The Kier molecular flexibility index (Phi) is 5.31. The molecule has 1 aromatic carbocycles. The average molecular weight is 308 g/mol. The first-order valence-electron chi connectivity index (χ1n) is 7.04. The van der Waals surface area contributed by atoms with Crippen LogP contribution in [0, 0.1) is 19.7 Å². The van der Waals surface area contributed by atoms with Crippen LogP contribution in [0.3, 0.4) is 0 Å². The lowest BCUT2D eigenvalue weighted by atomic mass is 10.0. The lowest BCUT2D eigenvalue weighted by molar-refractivity contribution is 0.386. The smallest absolute Gasteiger partial charge is 0.165 e. The van der Waals surface area contributed by atoms with Gasteiger partial charge in [0.15, 0.2) is 11.6 Å². The number of nitrogens with zero attached hydrogens (tertiary/aromatic N) is 1. The minimum absolute atomic E-state index is 0.161. The molecule has 114 valence electrons. The molecule has 3 nitrogen and oxygen atoms in total. The predicted octanol–water partition coefficient (Wildman–Crippen LogP) is 3.80. The number of aryl methyl sites for hydroxylation is 2. The van der Waals surface area contributed by atoms with Crippen LogP contribution in [0.4, 0.5) is 4.39 Å². The van der Waals surface area contributed by atoms with Gasteiger partial charge in [-0.2, -0.15) is 0 Å². The number of benzene rings is 1. The summed E-state index contributed by atoms with van der Waals surface area (Å²) in [7, 11) is 1.48. The number of halogens is 1. The zero-order valence-electron chi connectivity index (χ0n) is 12.9. The van der Waals surface area contributed by atoms with Crippen molar-refractivity contribution in [3.8, 4) is 5.75 Å². The third kappa shape index (κ3) is 3.80. The second-order valence-electron chi connectivity index (χ2n) is 4.97. The fraction of sp³-hybridized carbons (Fsp3) is 0.438. The molecule has 0 saturated heterocycles. The van der Waals surface area contributed by atoms with Crippen molar-refractivity contribution in [3.63, 3.8) is 0 Å². The van der Waals surface area contributed by atoms with E-state index in [0.29, 0.717) is 0 Å². The molecule has 0 aliphatic carbocycles. The first-order chi connectivity index (χ1) is 10.0. The molecule has 21 heavy (non-hydrogen) atoms. The van der Waals surface area contributed by atoms with Gasteiger partial charge in [-0.1, -0.05) is 13.0 Å². The number of ether oxygens (including phenoxy) is 1. The number of methoxy groups -OCH3 is 1. The lowest BCUT2D eigenvalue weighted by Gasteiger charge is -2.17. The van der Waals surface area contributed by atoms with Gasteiger partial charge < -0.3 is 10.1 Å². The normalized spacial score (nSPS) is 12.4. The zero-order chi connectivity index (χ0) is 15.4. The van der Waals surface area contributed by atoms with Crippen molar-refractivity contribution in [2.24, 2.45) is 0 Å². The monoisotopic (exact) mass is 308 g/mol. The van der Waals surface area contributed by atoms with E-state index in [0.717, 1.165) is 29.2 Å². The summed E-state index contributed by atoms with van der Waals surface area (Å²) in [5, 5.41) is 4.53. The highest BCUT2D eigenvalue weighted by Gasteiger charge is 2.18. The average Bonchev–Trinajstić information content (AvgIpc) is 2.77. The Balaban J connectivity index is 2.24. The Hall–Kier alpha value is -1.46. The number of hydrogen-bond donors (Lipinski definition) is 1. The summed E-state index contributed by atoms with van der Waals surface area (Å²) in [6, 6.07) is 5.30. The summed E-state index contributed by atoms with van der Waals surface area (Å²) in [6.07, 6.45) is 0.733. The van der Waals surface area contributed by atoms with Crippen LogP contribution >= 0.6 is 11.3 Å². The van der Waals surface area contributed by atoms with Crippen LogP contribution in [0.25, 0.3) is 0 Å². The molecule has 0 aliphatic rings. The maximum atomic E-state index is 13.8. The molecule has 1 N–H and O–H groups in total. The number of likely N-dealkylation sites (N-methyl/N-ethyl adjacent to an activating group) is 1. The zero-order valence-corrected chi connectivity index (χ0v) is 13.7. The van der Waals surface area contributed by atoms with E-state index in [9.17, 15) is 4.39 Å². The molecule has 0 bridgehead atoms. The molecule has 1 atom stereocenters. The number of aromatic nitrogens is 1. The van der Waals surface area contributed by atoms with Gasteiger partial charge in [-0.05, 0) is 44.5 Å². The van der Waals surface area contributed by atoms with Crippen molar-refractivity contribution in [1.82, 2.24) is 10.3 Å². The van der Waals surface area contributed by atoms with Gasteiger partial charge in [-0.15, -0.1) is 11.3 Å². The molecule has 5 heteroatoms. The second kappa shape index (κ2) is 7.00. The van der Waals surface area contributed by atoms with E-state index in [4.69, 9.17) is 4.74 Å². The minimum atomic E-state index is -0.317. The van der Waals surface area contributed by atoms with Gasteiger partial charge in [0.2, 0.25) is 0 Å². The lowest BCUT2D eigenvalue weighted by Crippen LogP contribution is -2.22. The molecular formula is C16H21FN2OS. The molecule has 0 fully saturated rings. The molecule has 0 saturated carbocycles. The minimum Gasteiger partial charge on any atom is -0.494 e. The van der Waals surface area contributed by atoms with Crippen molar-refractivity contribution >= 4 is 11.3 Å². The van der Waals surface area contributed by atoms with E-state index >= 15 is 0 Å². The first kappa shape index (κ1) is 15.9. The van der Waals surface area contributed by atoms with Crippen LogP contribution in [0.5, 0.6) is 5.75 Å². The molecule has 2 aromatic rings. The van der Waals surface area contributed by atoms with E-state index in [1.165, 1.54) is 12.0 Å². The maximum absolute atomic E-state index is 13.8. The van der Waals surface area contributed by atoms with E-state index < -0.39 is 0 Å². The number of thiazole rings is 1. The second-order valence-corrected chi connectivity index (χ2v) is 6.20. The highest BCUT2D eigenvalue weighted by atomic mass is 32.1. The quantitative estimate of drug-likeness (QED) is 0.881. The van der Waals surface area contributed by atoms with Crippen molar-refractivity contribution in [2.75, 3.05) is 13.7 Å². The van der Waals surface area contributed by atoms with Gasteiger partial charge in [0.25, 0.3) is 0 Å². The highest BCUT2D eigenvalue weighted by molar-refractivity contribution is 7.11. The Morgan fingerprint density at radius 1 is 1.38 bits per heavy atom. The molecule has 1 unspecified atom stereocenters. The highest BCUT2D eigenvalue weighted by Crippen LogP contribution is 2.28. The van der Waals surface area contributed by atoms with Crippen LogP contribution in [-0.4, -0.2) is 18.6 Å². The van der Waals surface area contributed by atoms with Crippen molar-refractivity contribution in [2.45, 2.75) is 33.2 Å². The molecule has 1 heterocycles.